The number of nitrogens with two attached hydrogens (primary N) is 1. The predicted molar refractivity (Wildman–Crippen MR) is 144 cm³/mol. The molecule has 0 atom stereocenters. The van der Waals surface area contributed by atoms with Crippen molar-refractivity contribution in [3.63, 3.8) is 0 Å². The van der Waals surface area contributed by atoms with Crippen molar-refractivity contribution in [1.82, 2.24) is 10.3 Å². The van der Waals surface area contributed by atoms with E-state index in [2.05, 4.69) is 78.4 Å². The Morgan fingerprint density at radius 1 is 0.939 bits per heavy atom. The first-order valence-corrected chi connectivity index (χ1v) is 12.5. The SMILES string of the molecule is CC.CCCc1cc(-c2cc(-c3ccc(N4CCNCC4)cc3)cnc2N)cc(C)c1CC. The molecule has 1 aliphatic heterocycles. The molecule has 2 heterocycles. The Hall–Kier alpha value is -2.85. The number of anilines is 2. The lowest BCUT2D eigenvalue weighted by Gasteiger charge is -2.29. The van der Waals surface area contributed by atoms with Crippen molar-refractivity contribution in [2.75, 3.05) is 36.8 Å². The number of hydrogen-bond donors (Lipinski definition) is 2. The van der Waals surface area contributed by atoms with Gasteiger partial charge in [-0.25, -0.2) is 4.98 Å². The number of aromatic nitrogens is 1. The number of pyridine rings is 1. The Labute approximate surface area is 200 Å². The van der Waals surface area contributed by atoms with Gasteiger partial charge in [0.05, 0.1) is 0 Å². The average Bonchev–Trinajstić information content (AvgIpc) is 2.86. The topological polar surface area (TPSA) is 54.2 Å². The van der Waals surface area contributed by atoms with Crippen molar-refractivity contribution < 1.29 is 0 Å². The summed E-state index contributed by atoms with van der Waals surface area (Å²) in [4.78, 5) is 6.98. The second-order valence-corrected chi connectivity index (χ2v) is 8.48. The highest BCUT2D eigenvalue weighted by Gasteiger charge is 2.13. The highest BCUT2D eigenvalue weighted by molar-refractivity contribution is 5.80. The van der Waals surface area contributed by atoms with Gasteiger partial charge in [0.2, 0.25) is 0 Å². The van der Waals surface area contributed by atoms with E-state index in [4.69, 9.17) is 5.73 Å². The molecule has 176 valence electrons. The minimum atomic E-state index is 0.590. The van der Waals surface area contributed by atoms with Gasteiger partial charge in [0, 0.05) is 49.2 Å². The van der Waals surface area contributed by atoms with Gasteiger partial charge in [-0.05, 0) is 65.8 Å². The fourth-order valence-corrected chi connectivity index (χ4v) is 4.70. The van der Waals surface area contributed by atoms with Crippen LogP contribution in [0.5, 0.6) is 0 Å². The van der Waals surface area contributed by atoms with Gasteiger partial charge in [-0.3, -0.25) is 0 Å². The highest BCUT2D eigenvalue weighted by Crippen LogP contribution is 2.33. The molecule has 0 saturated carbocycles. The number of piperazine rings is 1. The van der Waals surface area contributed by atoms with Gasteiger partial charge in [0.25, 0.3) is 0 Å². The fourth-order valence-electron chi connectivity index (χ4n) is 4.70. The van der Waals surface area contributed by atoms with Crippen LogP contribution in [0.3, 0.4) is 0 Å². The number of rotatable bonds is 6. The predicted octanol–water partition coefficient (Wildman–Crippen LogP) is 6.26. The molecule has 3 N–H and O–H groups in total. The zero-order chi connectivity index (χ0) is 23.8. The Bertz CT molecular complexity index is 1030. The summed E-state index contributed by atoms with van der Waals surface area (Å²) in [6.45, 7) is 14.9. The molecule has 4 rings (SSSR count). The van der Waals surface area contributed by atoms with Crippen LogP contribution < -0.4 is 16.0 Å². The van der Waals surface area contributed by atoms with Gasteiger partial charge < -0.3 is 16.0 Å². The number of hydrogen-bond acceptors (Lipinski definition) is 4. The summed E-state index contributed by atoms with van der Waals surface area (Å²) in [5, 5.41) is 3.41. The van der Waals surface area contributed by atoms with Crippen LogP contribution in [0, 0.1) is 6.92 Å². The molecule has 0 amide bonds. The molecule has 1 aliphatic rings. The molecule has 2 aromatic carbocycles. The number of aryl methyl sites for hydroxylation is 2. The number of nitrogens with one attached hydrogen (secondary N) is 1. The molecule has 3 aromatic rings. The summed E-state index contributed by atoms with van der Waals surface area (Å²) >= 11 is 0. The molecular formula is C29H40N4. The van der Waals surface area contributed by atoms with Crippen LogP contribution in [-0.4, -0.2) is 31.2 Å². The molecule has 4 heteroatoms. The lowest BCUT2D eigenvalue weighted by molar-refractivity contribution is 0.589. The molecule has 0 spiro atoms. The number of benzene rings is 2. The number of nitrogens with zero attached hydrogens (tertiary/aromatic N) is 2. The third-order valence-electron chi connectivity index (χ3n) is 6.35. The van der Waals surface area contributed by atoms with E-state index in [0.717, 1.165) is 56.6 Å². The summed E-state index contributed by atoms with van der Waals surface area (Å²) in [5.74, 6) is 0.590. The van der Waals surface area contributed by atoms with Crippen LogP contribution in [0.25, 0.3) is 22.3 Å². The largest absolute Gasteiger partial charge is 0.383 e. The van der Waals surface area contributed by atoms with Crippen LogP contribution in [-0.2, 0) is 12.8 Å². The Morgan fingerprint density at radius 2 is 1.64 bits per heavy atom. The van der Waals surface area contributed by atoms with Crippen LogP contribution in [0.1, 0.15) is 50.8 Å². The normalized spacial score (nSPS) is 13.4. The van der Waals surface area contributed by atoms with E-state index in [-0.39, 0.29) is 0 Å². The smallest absolute Gasteiger partial charge is 0.131 e. The molecule has 4 nitrogen and oxygen atoms in total. The van der Waals surface area contributed by atoms with Gasteiger partial charge >= 0.3 is 0 Å². The van der Waals surface area contributed by atoms with Crippen molar-refractivity contribution in [3.8, 4) is 22.3 Å². The van der Waals surface area contributed by atoms with Gasteiger partial charge in [-0.15, -0.1) is 0 Å². The Balaban J connectivity index is 0.00000149. The molecule has 1 fully saturated rings. The van der Waals surface area contributed by atoms with Gasteiger partial charge in [0.1, 0.15) is 5.82 Å². The maximum Gasteiger partial charge on any atom is 0.131 e. The first-order chi connectivity index (χ1) is 16.1. The van der Waals surface area contributed by atoms with E-state index in [1.54, 1.807) is 0 Å². The monoisotopic (exact) mass is 444 g/mol. The van der Waals surface area contributed by atoms with E-state index < -0.39 is 0 Å². The molecule has 1 saturated heterocycles. The minimum Gasteiger partial charge on any atom is -0.383 e. The minimum absolute atomic E-state index is 0.590. The average molecular weight is 445 g/mol. The van der Waals surface area contributed by atoms with Crippen molar-refractivity contribution in [2.45, 2.75) is 53.9 Å². The van der Waals surface area contributed by atoms with E-state index in [1.807, 2.05) is 20.0 Å². The zero-order valence-electron chi connectivity index (χ0n) is 21.0. The standard InChI is InChI=1S/C27H34N4.C2H6/c1-4-6-21-16-22(15-19(3)25(21)5-2)26-17-23(18-30-27(26)28)20-7-9-24(10-8-20)31-13-11-29-12-14-31;1-2/h7-10,15-18,29H,4-6,11-14H2,1-3H3,(H2,28,30);1-2H3. The summed E-state index contributed by atoms with van der Waals surface area (Å²) in [7, 11) is 0. The first-order valence-electron chi connectivity index (χ1n) is 12.5. The Kier molecular flexibility index (Phi) is 8.90. The van der Waals surface area contributed by atoms with Gasteiger partial charge in [-0.1, -0.05) is 58.4 Å². The third-order valence-corrected chi connectivity index (χ3v) is 6.35. The second-order valence-electron chi connectivity index (χ2n) is 8.48. The van der Waals surface area contributed by atoms with E-state index in [1.165, 1.54) is 33.5 Å². The molecule has 0 unspecified atom stereocenters. The Morgan fingerprint density at radius 3 is 2.27 bits per heavy atom. The second kappa shape index (κ2) is 11.9. The summed E-state index contributed by atoms with van der Waals surface area (Å²) < 4.78 is 0. The van der Waals surface area contributed by atoms with Crippen molar-refractivity contribution in [3.05, 3.63) is 65.4 Å². The van der Waals surface area contributed by atoms with E-state index in [9.17, 15) is 0 Å². The van der Waals surface area contributed by atoms with Crippen molar-refractivity contribution in [2.24, 2.45) is 0 Å². The van der Waals surface area contributed by atoms with Crippen LogP contribution in [0.15, 0.2) is 48.7 Å². The lowest BCUT2D eigenvalue weighted by atomic mass is 9.91. The van der Waals surface area contributed by atoms with Crippen molar-refractivity contribution >= 4 is 11.5 Å². The van der Waals surface area contributed by atoms with Crippen LogP contribution in [0.4, 0.5) is 11.5 Å². The highest BCUT2D eigenvalue weighted by atomic mass is 15.2. The molecule has 1 aromatic heterocycles. The molecular weight excluding hydrogens is 404 g/mol. The fraction of sp³-hybridized carbons (Fsp3) is 0.414. The zero-order valence-corrected chi connectivity index (χ0v) is 21.0. The summed E-state index contributed by atoms with van der Waals surface area (Å²) in [5.41, 5.74) is 16.3. The maximum absolute atomic E-state index is 6.34. The summed E-state index contributed by atoms with van der Waals surface area (Å²) in [6.07, 6.45) is 5.19. The lowest BCUT2D eigenvalue weighted by Crippen LogP contribution is -2.43. The first kappa shape index (κ1) is 24.8. The molecule has 0 radical (unpaired) electrons. The maximum atomic E-state index is 6.34. The third kappa shape index (κ3) is 5.75. The summed E-state index contributed by atoms with van der Waals surface area (Å²) in [6, 6.07) is 15.6. The van der Waals surface area contributed by atoms with E-state index in [0.29, 0.717) is 5.82 Å². The quantitative estimate of drug-likeness (QED) is 0.471. The van der Waals surface area contributed by atoms with Crippen LogP contribution >= 0.6 is 0 Å². The van der Waals surface area contributed by atoms with Crippen LogP contribution in [0.2, 0.25) is 0 Å². The van der Waals surface area contributed by atoms with Gasteiger partial charge in [-0.2, -0.15) is 0 Å². The number of nitrogen functional groups attached to an aromatic ring is 1. The molecule has 33 heavy (non-hydrogen) atoms. The molecule has 0 bridgehead atoms. The van der Waals surface area contributed by atoms with Gasteiger partial charge in [0.15, 0.2) is 0 Å². The van der Waals surface area contributed by atoms with Crippen molar-refractivity contribution in [1.29, 1.82) is 0 Å². The molecule has 0 aliphatic carbocycles. The van der Waals surface area contributed by atoms with E-state index >= 15 is 0 Å².